The largest absolute Gasteiger partial charge is 0.493 e. The van der Waals surface area contributed by atoms with Gasteiger partial charge in [-0.3, -0.25) is 4.79 Å². The van der Waals surface area contributed by atoms with Crippen LogP contribution in [0.5, 0.6) is 11.5 Å². The number of rotatable bonds is 6. The van der Waals surface area contributed by atoms with E-state index in [1.807, 2.05) is 26.0 Å². The Hall–Kier alpha value is -1.71. The number of ether oxygens (including phenoxy) is 2. The molecule has 0 aromatic heterocycles. The molecule has 1 aromatic carbocycles. The lowest BCUT2D eigenvalue weighted by atomic mass is 9.92. The van der Waals surface area contributed by atoms with Gasteiger partial charge in [-0.05, 0) is 42.5 Å². The lowest BCUT2D eigenvalue weighted by molar-refractivity contribution is -0.137. The Balaban J connectivity index is 2.97. The highest BCUT2D eigenvalue weighted by atomic mass is 16.5. The third-order valence-corrected chi connectivity index (χ3v) is 3.09. The average molecular weight is 252 g/mol. The van der Waals surface area contributed by atoms with Crippen molar-refractivity contribution < 1.29 is 19.4 Å². The van der Waals surface area contributed by atoms with E-state index in [-0.39, 0.29) is 12.3 Å². The van der Waals surface area contributed by atoms with Crippen molar-refractivity contribution in [3.63, 3.8) is 0 Å². The number of carboxylic acid groups (broad SMARTS) is 1. The summed E-state index contributed by atoms with van der Waals surface area (Å²) >= 11 is 0. The zero-order valence-electron chi connectivity index (χ0n) is 11.3. The van der Waals surface area contributed by atoms with Crippen LogP contribution in [0.15, 0.2) is 12.1 Å². The second-order valence-electron chi connectivity index (χ2n) is 4.40. The molecule has 0 saturated carbocycles. The van der Waals surface area contributed by atoms with Crippen molar-refractivity contribution in [2.75, 3.05) is 14.2 Å². The van der Waals surface area contributed by atoms with E-state index in [0.717, 1.165) is 11.1 Å². The Kier molecular flexibility index (Phi) is 5.01. The summed E-state index contributed by atoms with van der Waals surface area (Å²) in [7, 11) is 3.20. The maximum Gasteiger partial charge on any atom is 0.303 e. The maximum absolute atomic E-state index is 10.6. The fourth-order valence-electron chi connectivity index (χ4n) is 2.02. The minimum atomic E-state index is -0.764. The number of hydrogen-bond acceptors (Lipinski definition) is 3. The molecular weight excluding hydrogens is 232 g/mol. The number of benzene rings is 1. The molecule has 0 aliphatic carbocycles. The summed E-state index contributed by atoms with van der Waals surface area (Å²) in [6, 6.07) is 3.85. The van der Waals surface area contributed by atoms with Gasteiger partial charge in [-0.1, -0.05) is 6.92 Å². The molecule has 4 heteroatoms. The molecule has 0 aliphatic heterocycles. The molecule has 0 saturated heterocycles. The van der Waals surface area contributed by atoms with Crippen LogP contribution in [0.2, 0.25) is 0 Å². The van der Waals surface area contributed by atoms with Crippen molar-refractivity contribution in [1.29, 1.82) is 0 Å². The Bertz CT molecular complexity index is 426. The molecular formula is C14H20O4. The fourth-order valence-corrected chi connectivity index (χ4v) is 2.02. The Morgan fingerprint density at radius 3 is 2.33 bits per heavy atom. The molecule has 1 N–H and O–H groups in total. The van der Waals surface area contributed by atoms with E-state index in [0.29, 0.717) is 17.9 Å². The fraction of sp³-hybridized carbons (Fsp3) is 0.500. The van der Waals surface area contributed by atoms with Gasteiger partial charge in [0.05, 0.1) is 14.2 Å². The van der Waals surface area contributed by atoms with Gasteiger partial charge in [0.25, 0.3) is 0 Å². The van der Waals surface area contributed by atoms with Gasteiger partial charge in [0, 0.05) is 6.42 Å². The summed E-state index contributed by atoms with van der Waals surface area (Å²) < 4.78 is 10.5. The SMILES string of the molecule is COc1cc(C)c(C(C)CCC(=O)O)cc1OC. The van der Waals surface area contributed by atoms with Crippen LogP contribution >= 0.6 is 0 Å². The van der Waals surface area contributed by atoms with Crippen molar-refractivity contribution in [3.8, 4) is 11.5 Å². The standard InChI is InChI=1S/C14H20O4/c1-9(5-6-14(15)16)11-8-13(18-4)12(17-3)7-10(11)2/h7-9H,5-6H2,1-4H3,(H,15,16). The topological polar surface area (TPSA) is 55.8 Å². The quantitative estimate of drug-likeness (QED) is 0.845. The molecule has 1 aromatic rings. The summed E-state index contributed by atoms with van der Waals surface area (Å²) in [6.07, 6.45) is 0.792. The lowest BCUT2D eigenvalue weighted by Crippen LogP contribution is -2.03. The van der Waals surface area contributed by atoms with Crippen molar-refractivity contribution in [3.05, 3.63) is 23.3 Å². The van der Waals surface area contributed by atoms with Crippen LogP contribution < -0.4 is 9.47 Å². The van der Waals surface area contributed by atoms with E-state index in [2.05, 4.69) is 0 Å². The number of carboxylic acids is 1. The molecule has 0 radical (unpaired) electrons. The third kappa shape index (κ3) is 3.39. The predicted molar refractivity (Wildman–Crippen MR) is 69.6 cm³/mol. The second kappa shape index (κ2) is 6.28. The smallest absolute Gasteiger partial charge is 0.303 e. The van der Waals surface area contributed by atoms with Crippen molar-refractivity contribution in [2.24, 2.45) is 0 Å². The number of aliphatic carboxylic acids is 1. The Labute approximate surface area is 108 Å². The number of carbonyl (C=O) groups is 1. The minimum Gasteiger partial charge on any atom is -0.493 e. The van der Waals surface area contributed by atoms with E-state index in [4.69, 9.17) is 14.6 Å². The predicted octanol–water partition coefficient (Wildman–Crippen LogP) is 2.98. The average Bonchev–Trinajstić information content (AvgIpc) is 2.35. The molecule has 4 nitrogen and oxygen atoms in total. The molecule has 0 bridgehead atoms. The van der Waals surface area contributed by atoms with Crippen LogP contribution in [0, 0.1) is 6.92 Å². The summed E-state index contributed by atoms with van der Waals surface area (Å²) in [4.78, 5) is 10.6. The summed E-state index contributed by atoms with van der Waals surface area (Å²) in [5.74, 6) is 0.797. The molecule has 0 aliphatic rings. The van der Waals surface area contributed by atoms with Crippen LogP contribution in [0.1, 0.15) is 36.8 Å². The van der Waals surface area contributed by atoms with Crippen LogP contribution in [0.3, 0.4) is 0 Å². The molecule has 0 heterocycles. The first kappa shape index (κ1) is 14.4. The van der Waals surface area contributed by atoms with Crippen molar-refractivity contribution in [1.82, 2.24) is 0 Å². The van der Waals surface area contributed by atoms with E-state index in [1.54, 1.807) is 14.2 Å². The maximum atomic E-state index is 10.6. The zero-order valence-corrected chi connectivity index (χ0v) is 11.3. The Morgan fingerprint density at radius 2 is 1.83 bits per heavy atom. The van der Waals surface area contributed by atoms with Gasteiger partial charge in [0.1, 0.15) is 0 Å². The molecule has 1 unspecified atom stereocenters. The van der Waals surface area contributed by atoms with Gasteiger partial charge in [0.15, 0.2) is 11.5 Å². The van der Waals surface area contributed by atoms with Crippen LogP contribution in [-0.2, 0) is 4.79 Å². The van der Waals surface area contributed by atoms with Crippen LogP contribution in [-0.4, -0.2) is 25.3 Å². The summed E-state index contributed by atoms with van der Waals surface area (Å²) in [6.45, 7) is 4.02. The molecule has 0 spiro atoms. The van der Waals surface area contributed by atoms with Crippen molar-refractivity contribution in [2.45, 2.75) is 32.6 Å². The zero-order chi connectivity index (χ0) is 13.7. The van der Waals surface area contributed by atoms with Gasteiger partial charge in [0.2, 0.25) is 0 Å². The molecule has 1 atom stereocenters. The third-order valence-electron chi connectivity index (χ3n) is 3.09. The number of hydrogen-bond donors (Lipinski definition) is 1. The lowest BCUT2D eigenvalue weighted by Gasteiger charge is -2.17. The summed E-state index contributed by atoms with van der Waals surface area (Å²) in [5, 5.41) is 8.72. The van der Waals surface area contributed by atoms with E-state index in [9.17, 15) is 4.79 Å². The first-order valence-corrected chi connectivity index (χ1v) is 5.94. The van der Waals surface area contributed by atoms with Gasteiger partial charge in [-0.25, -0.2) is 0 Å². The van der Waals surface area contributed by atoms with Crippen LogP contribution in [0.4, 0.5) is 0 Å². The first-order chi connectivity index (χ1) is 8.49. The second-order valence-corrected chi connectivity index (χ2v) is 4.40. The highest BCUT2D eigenvalue weighted by Gasteiger charge is 2.14. The molecule has 1 rings (SSSR count). The number of aryl methyl sites for hydroxylation is 1. The van der Waals surface area contributed by atoms with Gasteiger partial charge in [-0.2, -0.15) is 0 Å². The van der Waals surface area contributed by atoms with Gasteiger partial charge in [-0.15, -0.1) is 0 Å². The number of methoxy groups -OCH3 is 2. The first-order valence-electron chi connectivity index (χ1n) is 5.94. The van der Waals surface area contributed by atoms with E-state index >= 15 is 0 Å². The molecule has 0 amide bonds. The highest BCUT2D eigenvalue weighted by molar-refractivity contribution is 5.66. The van der Waals surface area contributed by atoms with E-state index in [1.165, 1.54) is 0 Å². The van der Waals surface area contributed by atoms with E-state index < -0.39 is 5.97 Å². The van der Waals surface area contributed by atoms with Gasteiger partial charge < -0.3 is 14.6 Å². The minimum absolute atomic E-state index is 0.176. The molecule has 18 heavy (non-hydrogen) atoms. The summed E-state index contributed by atoms with van der Waals surface area (Å²) in [5.41, 5.74) is 2.19. The highest BCUT2D eigenvalue weighted by Crippen LogP contribution is 2.34. The molecule has 0 fully saturated rings. The van der Waals surface area contributed by atoms with Gasteiger partial charge >= 0.3 is 5.97 Å². The Morgan fingerprint density at radius 1 is 1.28 bits per heavy atom. The van der Waals surface area contributed by atoms with Crippen molar-refractivity contribution >= 4 is 5.97 Å². The monoisotopic (exact) mass is 252 g/mol. The van der Waals surface area contributed by atoms with Crippen LogP contribution in [0.25, 0.3) is 0 Å². The normalized spacial score (nSPS) is 12.0. The molecule has 100 valence electrons.